The minimum atomic E-state index is -1.28. The summed E-state index contributed by atoms with van der Waals surface area (Å²) in [4.78, 5) is 36.5. The number of carbonyl (C=O) groups is 3. The molecule has 0 fully saturated rings. The molecule has 0 saturated carbocycles. The molecule has 10 heteroatoms. The lowest BCUT2D eigenvalue weighted by Gasteiger charge is -2.14. The number of hydrogen-bond donors (Lipinski definition) is 4. The predicted octanol–water partition coefficient (Wildman–Crippen LogP) is 1.46. The van der Waals surface area contributed by atoms with E-state index in [-0.39, 0.29) is 12.8 Å². The van der Waals surface area contributed by atoms with Crippen molar-refractivity contribution < 1.29 is 29.0 Å². The zero-order chi connectivity index (χ0) is 18.7. The molecule has 0 aliphatic carbocycles. The Bertz CT molecular complexity index is 602. The molecule has 0 bridgehead atoms. The number of urea groups is 1. The molecule has 2 amide bonds. The second-order valence-electron chi connectivity index (χ2n) is 5.12. The van der Waals surface area contributed by atoms with Gasteiger partial charge in [0.15, 0.2) is 0 Å². The summed E-state index contributed by atoms with van der Waals surface area (Å²) in [7, 11) is 0. The largest absolute Gasteiger partial charge is 0.481 e. The third-order valence-electron chi connectivity index (χ3n) is 3.06. The predicted molar refractivity (Wildman–Crippen MR) is 89.8 cm³/mol. The van der Waals surface area contributed by atoms with Crippen LogP contribution in [-0.2, 0) is 15.3 Å². The lowest BCUT2D eigenvalue weighted by molar-refractivity contribution is -0.140. The van der Waals surface area contributed by atoms with Crippen molar-refractivity contribution in [2.75, 3.05) is 12.3 Å². The monoisotopic (exact) mass is 372 g/mol. The van der Waals surface area contributed by atoms with Crippen molar-refractivity contribution in [1.82, 2.24) is 15.6 Å². The molecule has 1 atom stereocenters. The molecule has 0 aliphatic rings. The van der Waals surface area contributed by atoms with Crippen molar-refractivity contribution in [2.24, 2.45) is 0 Å². The lowest BCUT2D eigenvalue weighted by Crippen LogP contribution is -2.46. The number of rotatable bonds is 11. The standard InChI is InChI=1S/C15H20FN3O5S/c16-12-8-10(4-6-17-12)9-25-7-1-5-18-15(24)19-11(14(22)23)2-3-13(20)21/h4,6,8,11H,1-3,5,7,9H2,(H,20,21)(H,22,23)(H2,18,19,24)/i16-1. The van der Waals surface area contributed by atoms with Crippen molar-refractivity contribution >= 4 is 29.7 Å². The van der Waals surface area contributed by atoms with Gasteiger partial charge < -0.3 is 20.8 Å². The number of carbonyl (C=O) groups excluding carboxylic acids is 1. The highest BCUT2D eigenvalue weighted by Crippen LogP contribution is 2.12. The van der Waals surface area contributed by atoms with Gasteiger partial charge in [0, 0.05) is 24.9 Å². The molecule has 4 N–H and O–H groups in total. The van der Waals surface area contributed by atoms with E-state index >= 15 is 0 Å². The summed E-state index contributed by atoms with van der Waals surface area (Å²) in [6, 6.07) is 1.19. The van der Waals surface area contributed by atoms with Gasteiger partial charge in [-0.05, 0) is 36.3 Å². The highest BCUT2D eigenvalue weighted by atomic mass is 32.2. The maximum Gasteiger partial charge on any atom is 0.326 e. The van der Waals surface area contributed by atoms with Crippen LogP contribution in [0.2, 0.25) is 0 Å². The number of carboxylic acids is 2. The topological polar surface area (TPSA) is 129 Å². The molecule has 1 aromatic rings. The van der Waals surface area contributed by atoms with E-state index in [0.717, 1.165) is 11.3 Å². The minimum absolute atomic E-state index is 0.184. The summed E-state index contributed by atoms with van der Waals surface area (Å²) >= 11 is 1.57. The third-order valence-corrected chi connectivity index (χ3v) is 4.18. The zero-order valence-corrected chi connectivity index (χ0v) is 14.2. The third kappa shape index (κ3) is 9.50. The molecule has 0 saturated heterocycles. The smallest absolute Gasteiger partial charge is 0.326 e. The van der Waals surface area contributed by atoms with Gasteiger partial charge in [0.1, 0.15) is 6.04 Å². The second-order valence-corrected chi connectivity index (χ2v) is 6.22. The Morgan fingerprint density at radius 3 is 2.72 bits per heavy atom. The van der Waals surface area contributed by atoms with Gasteiger partial charge >= 0.3 is 18.0 Å². The number of amides is 2. The van der Waals surface area contributed by atoms with E-state index < -0.39 is 30.0 Å². The number of aliphatic carboxylic acids is 2. The maximum atomic E-state index is 12.9. The Balaban J connectivity index is 2.16. The molecule has 0 spiro atoms. The van der Waals surface area contributed by atoms with Crippen LogP contribution in [0.3, 0.4) is 0 Å². The van der Waals surface area contributed by atoms with Crippen molar-refractivity contribution in [1.29, 1.82) is 0 Å². The van der Waals surface area contributed by atoms with Crippen LogP contribution in [-0.4, -0.2) is 51.5 Å². The maximum absolute atomic E-state index is 12.9. The Morgan fingerprint density at radius 1 is 1.32 bits per heavy atom. The van der Waals surface area contributed by atoms with Gasteiger partial charge in [0.05, 0.1) is 0 Å². The Hall–Kier alpha value is -2.36. The van der Waals surface area contributed by atoms with E-state index in [1.54, 1.807) is 17.8 Å². The molecule has 1 unspecified atom stereocenters. The van der Waals surface area contributed by atoms with Crippen LogP contribution in [0.15, 0.2) is 18.3 Å². The van der Waals surface area contributed by atoms with Gasteiger partial charge in [0.2, 0.25) is 5.95 Å². The molecule has 0 radical (unpaired) electrons. The van der Waals surface area contributed by atoms with Crippen LogP contribution in [0.25, 0.3) is 0 Å². The molecule has 25 heavy (non-hydrogen) atoms. The molecule has 1 rings (SSSR count). The molecule has 1 aromatic heterocycles. The van der Waals surface area contributed by atoms with E-state index in [9.17, 15) is 18.8 Å². The first-order valence-electron chi connectivity index (χ1n) is 7.55. The van der Waals surface area contributed by atoms with Gasteiger partial charge in [-0.1, -0.05) is 0 Å². The number of nitrogens with zero attached hydrogens (tertiary/aromatic N) is 1. The van der Waals surface area contributed by atoms with Crippen molar-refractivity contribution in [3.05, 3.63) is 29.8 Å². The number of hydrogen-bond acceptors (Lipinski definition) is 5. The number of pyridine rings is 1. The molecule has 0 aromatic carbocycles. The van der Waals surface area contributed by atoms with Gasteiger partial charge in [-0.25, -0.2) is 14.6 Å². The van der Waals surface area contributed by atoms with E-state index in [1.807, 2.05) is 0 Å². The first-order valence-corrected chi connectivity index (χ1v) is 8.71. The summed E-state index contributed by atoms with van der Waals surface area (Å²) < 4.78 is 12.9. The summed E-state index contributed by atoms with van der Waals surface area (Å²) in [6.07, 6.45) is 1.53. The van der Waals surface area contributed by atoms with Gasteiger partial charge in [-0.3, -0.25) is 4.79 Å². The lowest BCUT2D eigenvalue weighted by atomic mass is 10.1. The second kappa shape index (κ2) is 11.2. The summed E-state index contributed by atoms with van der Waals surface area (Å²) in [6.45, 7) is 0.342. The number of thioether (sulfide) groups is 1. The van der Waals surface area contributed by atoms with E-state index in [1.165, 1.54) is 12.3 Å². The Labute approximate surface area is 148 Å². The number of aromatic nitrogens is 1. The molecular weight excluding hydrogens is 352 g/mol. The quantitative estimate of drug-likeness (QED) is 0.342. The van der Waals surface area contributed by atoms with Crippen molar-refractivity contribution in [3.63, 3.8) is 0 Å². The fourth-order valence-electron chi connectivity index (χ4n) is 1.83. The van der Waals surface area contributed by atoms with Crippen LogP contribution < -0.4 is 10.6 Å². The highest BCUT2D eigenvalue weighted by Gasteiger charge is 2.20. The molecular formula is C15H20FN3O5S. The fourth-order valence-corrected chi connectivity index (χ4v) is 2.74. The van der Waals surface area contributed by atoms with Gasteiger partial charge in [-0.15, -0.1) is 0 Å². The average molecular weight is 372 g/mol. The highest BCUT2D eigenvalue weighted by molar-refractivity contribution is 7.98. The van der Waals surface area contributed by atoms with Crippen LogP contribution in [0.1, 0.15) is 24.8 Å². The number of halogens is 1. The van der Waals surface area contributed by atoms with E-state index in [4.69, 9.17) is 10.2 Å². The van der Waals surface area contributed by atoms with Crippen LogP contribution in [0.4, 0.5) is 9.18 Å². The van der Waals surface area contributed by atoms with Gasteiger partial charge in [-0.2, -0.15) is 16.2 Å². The summed E-state index contributed by atoms with van der Waals surface area (Å²) in [5.41, 5.74) is 0.825. The average Bonchev–Trinajstić information content (AvgIpc) is 2.54. The Kier molecular flexibility index (Phi) is 9.30. The van der Waals surface area contributed by atoms with E-state index in [2.05, 4.69) is 15.6 Å². The normalized spacial score (nSPS) is 11.6. The number of carboxylic acid groups (broad SMARTS) is 2. The Morgan fingerprint density at radius 2 is 2.08 bits per heavy atom. The van der Waals surface area contributed by atoms with Crippen LogP contribution >= 0.6 is 11.8 Å². The van der Waals surface area contributed by atoms with E-state index in [0.29, 0.717) is 18.7 Å². The van der Waals surface area contributed by atoms with Crippen LogP contribution in [0, 0.1) is 5.95 Å². The zero-order valence-electron chi connectivity index (χ0n) is 13.4. The molecule has 0 aliphatic heterocycles. The van der Waals surface area contributed by atoms with Gasteiger partial charge in [0.25, 0.3) is 0 Å². The number of nitrogens with one attached hydrogen (secondary N) is 2. The first kappa shape index (κ1) is 20.7. The van der Waals surface area contributed by atoms with Crippen molar-refractivity contribution in [3.8, 4) is 0 Å². The summed E-state index contributed by atoms with van der Waals surface area (Å²) in [5, 5.41) is 22.2. The minimum Gasteiger partial charge on any atom is -0.481 e. The molecule has 8 nitrogen and oxygen atoms in total. The van der Waals surface area contributed by atoms with Crippen LogP contribution in [0.5, 0.6) is 0 Å². The molecule has 138 valence electrons. The summed E-state index contributed by atoms with van der Waals surface area (Å²) in [5.74, 6) is -1.57. The SMILES string of the molecule is O=C(O)CCC(NC(=O)NCCCSCc1ccnc([18F])c1)C(=O)O. The molecule has 1 heterocycles. The van der Waals surface area contributed by atoms with Crippen molar-refractivity contribution in [2.45, 2.75) is 31.1 Å². The fraction of sp³-hybridized carbons (Fsp3) is 0.467. The first-order chi connectivity index (χ1) is 11.9.